The van der Waals surface area contributed by atoms with Crippen LogP contribution in [0.25, 0.3) is 0 Å². The van der Waals surface area contributed by atoms with Crippen LogP contribution in [0.1, 0.15) is 45.4 Å². The highest BCUT2D eigenvalue weighted by Crippen LogP contribution is 2.43. The lowest BCUT2D eigenvalue weighted by Gasteiger charge is -2.42. The first-order valence-corrected chi connectivity index (χ1v) is 9.33. The summed E-state index contributed by atoms with van der Waals surface area (Å²) in [7, 11) is 3.66. The van der Waals surface area contributed by atoms with Gasteiger partial charge < -0.3 is 20.3 Å². The lowest BCUT2D eigenvalue weighted by molar-refractivity contribution is 0.0732. The van der Waals surface area contributed by atoms with Gasteiger partial charge in [0.2, 0.25) is 0 Å². The van der Waals surface area contributed by atoms with E-state index in [0.29, 0.717) is 11.3 Å². The summed E-state index contributed by atoms with van der Waals surface area (Å²) in [5.74, 6) is 1.60. The smallest absolute Gasteiger partial charge is 0.191 e. The van der Waals surface area contributed by atoms with E-state index in [1.165, 1.54) is 51.7 Å². The number of likely N-dealkylation sites (tertiary alicyclic amines) is 1. The summed E-state index contributed by atoms with van der Waals surface area (Å²) in [6, 6.07) is 0. The maximum atomic E-state index is 5.27. The van der Waals surface area contributed by atoms with Gasteiger partial charge in [0.25, 0.3) is 0 Å². The zero-order valence-corrected chi connectivity index (χ0v) is 15.4. The molecule has 1 aliphatic carbocycles. The fourth-order valence-electron chi connectivity index (χ4n) is 3.74. The van der Waals surface area contributed by atoms with Crippen LogP contribution in [-0.4, -0.2) is 64.3 Å². The first-order valence-electron chi connectivity index (χ1n) is 9.33. The molecule has 1 saturated carbocycles. The standard InChI is InChI=1S/C18H36N4O/c1-16(14-22-10-4-5-11-22)13-20-17(19-2)21-15-18(7-6-8-18)9-12-23-3/h16H,4-15H2,1-3H3,(H2,19,20,21). The van der Waals surface area contributed by atoms with Crippen molar-refractivity contribution in [2.24, 2.45) is 16.3 Å². The van der Waals surface area contributed by atoms with Crippen molar-refractivity contribution in [3.8, 4) is 0 Å². The maximum absolute atomic E-state index is 5.27. The van der Waals surface area contributed by atoms with E-state index in [9.17, 15) is 0 Å². The van der Waals surface area contributed by atoms with E-state index in [2.05, 4.69) is 27.4 Å². The predicted octanol–water partition coefficient (Wildman–Crippen LogP) is 2.09. The fourth-order valence-corrected chi connectivity index (χ4v) is 3.74. The van der Waals surface area contributed by atoms with E-state index in [-0.39, 0.29) is 0 Å². The molecule has 0 aromatic heterocycles. The molecule has 0 amide bonds. The van der Waals surface area contributed by atoms with Crippen LogP contribution in [0.2, 0.25) is 0 Å². The highest BCUT2D eigenvalue weighted by molar-refractivity contribution is 5.79. The monoisotopic (exact) mass is 324 g/mol. The molecule has 0 radical (unpaired) electrons. The van der Waals surface area contributed by atoms with Gasteiger partial charge in [0, 0.05) is 40.4 Å². The Kier molecular flexibility index (Phi) is 7.63. The predicted molar refractivity (Wildman–Crippen MR) is 97.0 cm³/mol. The third-order valence-corrected chi connectivity index (χ3v) is 5.49. The quantitative estimate of drug-likeness (QED) is 0.504. The summed E-state index contributed by atoms with van der Waals surface area (Å²) in [6.45, 7) is 8.93. The van der Waals surface area contributed by atoms with Gasteiger partial charge in [-0.15, -0.1) is 0 Å². The topological polar surface area (TPSA) is 48.9 Å². The van der Waals surface area contributed by atoms with Gasteiger partial charge in [-0.2, -0.15) is 0 Å². The molecule has 2 aliphatic rings. The molecule has 2 rings (SSSR count). The van der Waals surface area contributed by atoms with Gasteiger partial charge in [-0.05, 0) is 56.5 Å². The van der Waals surface area contributed by atoms with Crippen LogP contribution in [0.5, 0.6) is 0 Å². The number of nitrogens with one attached hydrogen (secondary N) is 2. The average Bonchev–Trinajstić information content (AvgIpc) is 3.01. The van der Waals surface area contributed by atoms with Crippen molar-refractivity contribution in [2.45, 2.75) is 45.4 Å². The lowest BCUT2D eigenvalue weighted by Crippen LogP contribution is -2.48. The number of hydrogen-bond donors (Lipinski definition) is 2. The van der Waals surface area contributed by atoms with Gasteiger partial charge in [0.1, 0.15) is 0 Å². The first kappa shape index (κ1) is 18.5. The summed E-state index contributed by atoms with van der Waals surface area (Å²) in [4.78, 5) is 6.96. The van der Waals surface area contributed by atoms with Crippen LogP contribution in [0.3, 0.4) is 0 Å². The van der Waals surface area contributed by atoms with Crippen molar-refractivity contribution in [2.75, 3.05) is 53.5 Å². The molecule has 0 bridgehead atoms. The average molecular weight is 325 g/mol. The zero-order chi connectivity index (χ0) is 16.5. The van der Waals surface area contributed by atoms with E-state index >= 15 is 0 Å². The first-order chi connectivity index (χ1) is 11.2. The fraction of sp³-hybridized carbons (Fsp3) is 0.944. The van der Waals surface area contributed by atoms with Crippen molar-refractivity contribution in [3.63, 3.8) is 0 Å². The summed E-state index contributed by atoms with van der Waals surface area (Å²) >= 11 is 0. The third kappa shape index (κ3) is 5.96. The Balaban J connectivity index is 1.66. The Hall–Kier alpha value is -0.810. The summed E-state index contributed by atoms with van der Waals surface area (Å²) in [5.41, 5.74) is 0.425. The van der Waals surface area contributed by atoms with Crippen molar-refractivity contribution in [1.29, 1.82) is 0 Å². The van der Waals surface area contributed by atoms with Crippen LogP contribution < -0.4 is 10.6 Å². The molecule has 2 N–H and O–H groups in total. The molecule has 134 valence electrons. The second kappa shape index (κ2) is 9.48. The van der Waals surface area contributed by atoms with E-state index < -0.39 is 0 Å². The number of rotatable bonds is 9. The number of aliphatic imine (C=N–C) groups is 1. The highest BCUT2D eigenvalue weighted by atomic mass is 16.5. The second-order valence-corrected chi connectivity index (χ2v) is 7.52. The molecule has 23 heavy (non-hydrogen) atoms. The Morgan fingerprint density at radius 3 is 2.52 bits per heavy atom. The molecule has 0 aromatic rings. The van der Waals surface area contributed by atoms with Crippen molar-refractivity contribution >= 4 is 5.96 Å². The highest BCUT2D eigenvalue weighted by Gasteiger charge is 2.36. The normalized spacial score (nSPS) is 22.7. The number of ether oxygens (including phenoxy) is 1. The molecule has 1 atom stereocenters. The number of guanidine groups is 1. The molecular weight excluding hydrogens is 288 g/mol. The van der Waals surface area contributed by atoms with Gasteiger partial charge in [-0.25, -0.2) is 0 Å². The molecule has 1 aliphatic heterocycles. The van der Waals surface area contributed by atoms with Crippen LogP contribution in [0.4, 0.5) is 0 Å². The third-order valence-electron chi connectivity index (χ3n) is 5.49. The Morgan fingerprint density at radius 1 is 1.22 bits per heavy atom. The Labute approximate surface area is 142 Å². The summed E-state index contributed by atoms with van der Waals surface area (Å²) < 4.78 is 5.27. The van der Waals surface area contributed by atoms with Crippen LogP contribution in [0.15, 0.2) is 4.99 Å². The van der Waals surface area contributed by atoms with E-state index in [0.717, 1.165) is 32.1 Å². The minimum Gasteiger partial charge on any atom is -0.385 e. The molecule has 1 unspecified atom stereocenters. The number of nitrogens with zero attached hydrogens (tertiary/aromatic N) is 2. The van der Waals surface area contributed by atoms with Gasteiger partial charge >= 0.3 is 0 Å². The molecule has 5 nitrogen and oxygen atoms in total. The molecular formula is C18H36N4O. The largest absolute Gasteiger partial charge is 0.385 e. The molecule has 0 spiro atoms. The van der Waals surface area contributed by atoms with Gasteiger partial charge in [-0.1, -0.05) is 13.3 Å². The lowest BCUT2D eigenvalue weighted by atomic mass is 9.67. The number of methoxy groups -OCH3 is 1. The maximum Gasteiger partial charge on any atom is 0.191 e. The van der Waals surface area contributed by atoms with Gasteiger partial charge in [0.15, 0.2) is 5.96 Å². The molecule has 5 heteroatoms. The van der Waals surface area contributed by atoms with Crippen molar-refractivity contribution in [1.82, 2.24) is 15.5 Å². The number of hydrogen-bond acceptors (Lipinski definition) is 3. The van der Waals surface area contributed by atoms with Crippen LogP contribution in [-0.2, 0) is 4.74 Å². The van der Waals surface area contributed by atoms with Gasteiger partial charge in [-0.3, -0.25) is 4.99 Å². The van der Waals surface area contributed by atoms with E-state index in [1.807, 2.05) is 7.05 Å². The summed E-state index contributed by atoms with van der Waals surface area (Å²) in [6.07, 6.45) is 7.86. The molecule has 0 aromatic carbocycles. The SMILES string of the molecule is CN=C(NCC(C)CN1CCCC1)NCC1(CCOC)CCC1. The van der Waals surface area contributed by atoms with Crippen LogP contribution in [0, 0.1) is 11.3 Å². The Morgan fingerprint density at radius 2 is 1.96 bits per heavy atom. The zero-order valence-electron chi connectivity index (χ0n) is 15.4. The van der Waals surface area contributed by atoms with Crippen molar-refractivity contribution < 1.29 is 4.74 Å². The molecule has 2 fully saturated rings. The molecule has 1 saturated heterocycles. The minimum absolute atomic E-state index is 0.425. The van der Waals surface area contributed by atoms with Gasteiger partial charge in [0.05, 0.1) is 0 Å². The van der Waals surface area contributed by atoms with Crippen LogP contribution >= 0.6 is 0 Å². The minimum atomic E-state index is 0.425. The molecule has 1 heterocycles. The summed E-state index contributed by atoms with van der Waals surface area (Å²) in [5, 5.41) is 7.04. The Bertz CT molecular complexity index is 362. The van der Waals surface area contributed by atoms with E-state index in [4.69, 9.17) is 4.74 Å². The second-order valence-electron chi connectivity index (χ2n) is 7.52. The van der Waals surface area contributed by atoms with Crippen molar-refractivity contribution in [3.05, 3.63) is 0 Å². The van der Waals surface area contributed by atoms with E-state index in [1.54, 1.807) is 7.11 Å².